The number of thiophene rings is 1. The van der Waals surface area contributed by atoms with Crippen LogP contribution in [0, 0.1) is 0 Å². The lowest BCUT2D eigenvalue weighted by Gasteiger charge is -2.04. The van der Waals surface area contributed by atoms with Gasteiger partial charge in [0.25, 0.3) is 5.91 Å². The molecule has 0 saturated heterocycles. The molecule has 0 unspecified atom stereocenters. The second-order valence-electron chi connectivity index (χ2n) is 3.83. The third-order valence-electron chi connectivity index (χ3n) is 2.60. The Kier molecular flexibility index (Phi) is 4.84. The molecule has 1 N–H and O–H groups in total. The van der Waals surface area contributed by atoms with Crippen LogP contribution in [-0.2, 0) is 6.42 Å². The second kappa shape index (κ2) is 6.61. The Morgan fingerprint density at radius 3 is 2.67 bits per heavy atom. The van der Waals surface area contributed by atoms with Crippen LogP contribution in [0.4, 0.5) is 0 Å². The van der Waals surface area contributed by atoms with Crippen molar-refractivity contribution in [2.24, 2.45) is 0 Å². The smallest absolute Gasteiger partial charge is 0.261 e. The van der Waals surface area contributed by atoms with Gasteiger partial charge in [-0.05, 0) is 41.8 Å². The van der Waals surface area contributed by atoms with Crippen molar-refractivity contribution in [2.75, 3.05) is 12.8 Å². The zero-order valence-electron chi connectivity index (χ0n) is 10.2. The maximum absolute atomic E-state index is 11.7. The maximum Gasteiger partial charge on any atom is 0.261 e. The van der Waals surface area contributed by atoms with Gasteiger partial charge in [-0.3, -0.25) is 4.79 Å². The standard InChI is InChI=1S/C14H15NOS2/c1-17-12-6-4-11(5-7-12)8-9-15-14(16)13-3-2-10-18-13/h2-7,10H,8-9H2,1H3,(H,15,16). The quantitative estimate of drug-likeness (QED) is 0.848. The molecule has 1 aromatic heterocycles. The minimum atomic E-state index is 0.0192. The Bertz CT molecular complexity index is 491. The van der Waals surface area contributed by atoms with Gasteiger partial charge >= 0.3 is 0 Å². The normalized spacial score (nSPS) is 10.3. The molecular weight excluding hydrogens is 262 g/mol. The van der Waals surface area contributed by atoms with Crippen molar-refractivity contribution < 1.29 is 4.79 Å². The first-order chi connectivity index (χ1) is 8.79. The summed E-state index contributed by atoms with van der Waals surface area (Å²) in [5.74, 6) is 0.0192. The predicted molar refractivity (Wildman–Crippen MR) is 78.6 cm³/mol. The van der Waals surface area contributed by atoms with E-state index in [1.807, 2.05) is 17.5 Å². The van der Waals surface area contributed by atoms with Crippen LogP contribution in [0.25, 0.3) is 0 Å². The fraction of sp³-hybridized carbons (Fsp3) is 0.214. The van der Waals surface area contributed by atoms with Crippen LogP contribution >= 0.6 is 23.1 Å². The molecule has 18 heavy (non-hydrogen) atoms. The lowest BCUT2D eigenvalue weighted by molar-refractivity contribution is 0.0958. The van der Waals surface area contributed by atoms with Crippen molar-refractivity contribution in [1.29, 1.82) is 0 Å². The molecule has 0 aliphatic rings. The molecule has 0 aliphatic heterocycles. The Balaban J connectivity index is 1.79. The molecule has 0 spiro atoms. The summed E-state index contributed by atoms with van der Waals surface area (Å²) in [5.41, 5.74) is 1.25. The average molecular weight is 277 g/mol. The van der Waals surface area contributed by atoms with E-state index < -0.39 is 0 Å². The summed E-state index contributed by atoms with van der Waals surface area (Å²) in [6.45, 7) is 0.676. The summed E-state index contributed by atoms with van der Waals surface area (Å²) < 4.78 is 0. The summed E-state index contributed by atoms with van der Waals surface area (Å²) in [7, 11) is 0. The maximum atomic E-state index is 11.7. The van der Waals surface area contributed by atoms with E-state index in [-0.39, 0.29) is 5.91 Å². The molecule has 0 bridgehead atoms. The van der Waals surface area contributed by atoms with Crippen molar-refractivity contribution in [1.82, 2.24) is 5.32 Å². The Morgan fingerprint density at radius 2 is 2.06 bits per heavy atom. The SMILES string of the molecule is CSc1ccc(CCNC(=O)c2cccs2)cc1. The van der Waals surface area contributed by atoms with Crippen molar-refractivity contribution in [2.45, 2.75) is 11.3 Å². The van der Waals surface area contributed by atoms with Crippen LogP contribution in [0.5, 0.6) is 0 Å². The third kappa shape index (κ3) is 3.62. The average Bonchev–Trinajstić information content (AvgIpc) is 2.93. The molecule has 2 aromatic rings. The van der Waals surface area contributed by atoms with Gasteiger partial charge in [0.15, 0.2) is 0 Å². The van der Waals surface area contributed by atoms with Crippen LogP contribution in [0.1, 0.15) is 15.2 Å². The molecule has 0 radical (unpaired) electrons. The van der Waals surface area contributed by atoms with Gasteiger partial charge in [0.1, 0.15) is 0 Å². The minimum Gasteiger partial charge on any atom is -0.351 e. The summed E-state index contributed by atoms with van der Waals surface area (Å²) in [6.07, 6.45) is 2.93. The zero-order chi connectivity index (χ0) is 12.8. The minimum absolute atomic E-state index is 0.0192. The molecule has 0 atom stereocenters. The van der Waals surface area contributed by atoms with Gasteiger partial charge in [-0.1, -0.05) is 18.2 Å². The summed E-state index contributed by atoms with van der Waals surface area (Å²) in [4.78, 5) is 13.7. The molecule has 94 valence electrons. The highest BCUT2D eigenvalue weighted by atomic mass is 32.2. The van der Waals surface area contributed by atoms with Gasteiger partial charge in [-0.2, -0.15) is 0 Å². The monoisotopic (exact) mass is 277 g/mol. The number of rotatable bonds is 5. The van der Waals surface area contributed by atoms with E-state index >= 15 is 0 Å². The number of hydrogen-bond donors (Lipinski definition) is 1. The fourth-order valence-corrected chi connectivity index (χ4v) is 2.66. The molecule has 1 aromatic carbocycles. The van der Waals surface area contributed by atoms with Gasteiger partial charge in [-0.25, -0.2) is 0 Å². The fourth-order valence-electron chi connectivity index (χ4n) is 1.61. The van der Waals surface area contributed by atoms with Gasteiger partial charge in [-0.15, -0.1) is 23.1 Å². The molecule has 2 rings (SSSR count). The largest absolute Gasteiger partial charge is 0.351 e. The van der Waals surface area contributed by atoms with E-state index in [9.17, 15) is 4.79 Å². The first-order valence-electron chi connectivity index (χ1n) is 5.74. The second-order valence-corrected chi connectivity index (χ2v) is 5.66. The first kappa shape index (κ1) is 13.2. The molecule has 0 fully saturated rings. The lowest BCUT2D eigenvalue weighted by Crippen LogP contribution is -2.24. The van der Waals surface area contributed by atoms with Crippen LogP contribution in [0.2, 0.25) is 0 Å². The highest BCUT2D eigenvalue weighted by molar-refractivity contribution is 7.98. The number of carbonyl (C=O) groups excluding carboxylic acids is 1. The van der Waals surface area contributed by atoms with Gasteiger partial charge in [0, 0.05) is 11.4 Å². The highest BCUT2D eigenvalue weighted by Crippen LogP contribution is 2.15. The van der Waals surface area contributed by atoms with Crippen molar-refractivity contribution >= 4 is 29.0 Å². The number of nitrogens with one attached hydrogen (secondary N) is 1. The number of amides is 1. The predicted octanol–water partition coefficient (Wildman–Crippen LogP) is 3.44. The zero-order valence-corrected chi connectivity index (χ0v) is 11.8. The Morgan fingerprint density at radius 1 is 1.28 bits per heavy atom. The van der Waals surface area contributed by atoms with E-state index in [0.717, 1.165) is 11.3 Å². The van der Waals surface area contributed by atoms with Gasteiger partial charge < -0.3 is 5.32 Å². The van der Waals surface area contributed by atoms with Crippen molar-refractivity contribution in [3.63, 3.8) is 0 Å². The third-order valence-corrected chi connectivity index (χ3v) is 4.22. The summed E-state index contributed by atoms with van der Waals surface area (Å²) >= 11 is 3.20. The molecule has 0 aliphatic carbocycles. The number of carbonyl (C=O) groups is 1. The van der Waals surface area contributed by atoms with Crippen molar-refractivity contribution in [3.05, 3.63) is 52.2 Å². The Hall–Kier alpha value is -1.26. The van der Waals surface area contributed by atoms with E-state index in [0.29, 0.717) is 6.54 Å². The van der Waals surface area contributed by atoms with Gasteiger partial charge in [0.05, 0.1) is 4.88 Å². The molecular formula is C14H15NOS2. The van der Waals surface area contributed by atoms with Crippen LogP contribution in [0.15, 0.2) is 46.7 Å². The van der Waals surface area contributed by atoms with Crippen LogP contribution in [0.3, 0.4) is 0 Å². The van der Waals surface area contributed by atoms with Gasteiger partial charge in [0.2, 0.25) is 0 Å². The Labute approximate surface area is 115 Å². The van der Waals surface area contributed by atoms with E-state index in [4.69, 9.17) is 0 Å². The molecule has 4 heteroatoms. The molecule has 1 amide bonds. The molecule has 0 saturated carbocycles. The number of benzene rings is 1. The molecule has 1 heterocycles. The topological polar surface area (TPSA) is 29.1 Å². The van der Waals surface area contributed by atoms with E-state index in [1.165, 1.54) is 21.8 Å². The van der Waals surface area contributed by atoms with Crippen molar-refractivity contribution in [3.8, 4) is 0 Å². The van der Waals surface area contributed by atoms with E-state index in [2.05, 4.69) is 35.8 Å². The van der Waals surface area contributed by atoms with Crippen LogP contribution < -0.4 is 5.32 Å². The summed E-state index contributed by atoms with van der Waals surface area (Å²) in [6, 6.07) is 12.2. The summed E-state index contributed by atoms with van der Waals surface area (Å²) in [5, 5.41) is 4.84. The first-order valence-corrected chi connectivity index (χ1v) is 7.84. The number of hydrogen-bond acceptors (Lipinski definition) is 3. The number of thioether (sulfide) groups is 1. The lowest BCUT2D eigenvalue weighted by atomic mass is 10.1. The van der Waals surface area contributed by atoms with Crippen LogP contribution in [-0.4, -0.2) is 18.7 Å². The molecule has 2 nitrogen and oxygen atoms in total. The van der Waals surface area contributed by atoms with E-state index in [1.54, 1.807) is 11.8 Å². The highest BCUT2D eigenvalue weighted by Gasteiger charge is 2.04.